The van der Waals surface area contributed by atoms with Gasteiger partial charge in [0.05, 0.1) is 24.6 Å². The number of carbonyl (C=O) groups is 1. The first-order valence-corrected chi connectivity index (χ1v) is 13.4. The van der Waals surface area contributed by atoms with Crippen molar-refractivity contribution in [1.29, 1.82) is 0 Å². The minimum absolute atomic E-state index is 0.242. The minimum Gasteiger partial charge on any atom is -0.494 e. The SMILES string of the molecule is CCOc1ccc(N(CC(=O)NC(C)c2ccc(N3CCCC(C)C3)cc2)S(C)(=O)=O)cc1. The van der Waals surface area contributed by atoms with Crippen LogP contribution in [-0.2, 0) is 14.8 Å². The number of amides is 1. The van der Waals surface area contributed by atoms with Gasteiger partial charge in [-0.25, -0.2) is 8.42 Å². The number of nitrogens with one attached hydrogen (secondary N) is 1. The second-order valence-corrected chi connectivity index (χ2v) is 10.7. The van der Waals surface area contributed by atoms with E-state index in [1.54, 1.807) is 24.3 Å². The van der Waals surface area contributed by atoms with E-state index in [2.05, 4.69) is 29.3 Å². The maximum absolute atomic E-state index is 12.7. The van der Waals surface area contributed by atoms with Gasteiger partial charge in [0.2, 0.25) is 15.9 Å². The van der Waals surface area contributed by atoms with E-state index in [4.69, 9.17) is 4.74 Å². The van der Waals surface area contributed by atoms with Crippen molar-refractivity contribution < 1.29 is 17.9 Å². The zero-order valence-electron chi connectivity index (χ0n) is 20.0. The van der Waals surface area contributed by atoms with Gasteiger partial charge in [-0.3, -0.25) is 9.10 Å². The van der Waals surface area contributed by atoms with Gasteiger partial charge in [0, 0.05) is 18.8 Å². The lowest BCUT2D eigenvalue weighted by Crippen LogP contribution is -2.41. The van der Waals surface area contributed by atoms with Gasteiger partial charge in [0.25, 0.3) is 0 Å². The molecule has 1 fully saturated rings. The van der Waals surface area contributed by atoms with E-state index in [1.807, 2.05) is 26.0 Å². The Hall–Kier alpha value is -2.74. The third kappa shape index (κ3) is 6.87. The number of benzene rings is 2. The van der Waals surface area contributed by atoms with Crippen molar-refractivity contribution in [3.05, 3.63) is 54.1 Å². The molecule has 0 aliphatic carbocycles. The van der Waals surface area contributed by atoms with Crippen LogP contribution >= 0.6 is 0 Å². The standard InChI is InChI=1S/C25H35N3O4S/c1-5-32-24-14-12-23(13-15-24)28(33(4,30)31)18-25(29)26-20(3)21-8-10-22(11-9-21)27-16-6-7-19(2)17-27/h8-15,19-20H,5-7,16-18H2,1-4H3,(H,26,29). The van der Waals surface area contributed by atoms with Crippen molar-refractivity contribution in [3.63, 3.8) is 0 Å². The summed E-state index contributed by atoms with van der Waals surface area (Å²) < 4.78 is 31.2. The van der Waals surface area contributed by atoms with Crippen LogP contribution in [0.2, 0.25) is 0 Å². The zero-order chi connectivity index (χ0) is 24.0. The molecule has 8 heteroatoms. The maximum Gasteiger partial charge on any atom is 0.241 e. The molecule has 2 atom stereocenters. The van der Waals surface area contributed by atoms with Crippen molar-refractivity contribution in [3.8, 4) is 5.75 Å². The van der Waals surface area contributed by atoms with Crippen molar-refractivity contribution in [2.24, 2.45) is 5.92 Å². The van der Waals surface area contributed by atoms with Gasteiger partial charge in [-0.05, 0) is 74.6 Å². The number of nitrogens with zero attached hydrogens (tertiary/aromatic N) is 2. The molecule has 1 heterocycles. The normalized spacial score (nSPS) is 17.3. The number of piperidine rings is 1. The van der Waals surface area contributed by atoms with Gasteiger partial charge in [0.1, 0.15) is 12.3 Å². The highest BCUT2D eigenvalue weighted by Gasteiger charge is 2.22. The Kier molecular flexibility index (Phi) is 8.24. The number of hydrogen-bond donors (Lipinski definition) is 1. The van der Waals surface area contributed by atoms with E-state index >= 15 is 0 Å². The van der Waals surface area contributed by atoms with Crippen molar-refractivity contribution in [1.82, 2.24) is 5.32 Å². The summed E-state index contributed by atoms with van der Waals surface area (Å²) in [6, 6.07) is 14.7. The molecule has 3 rings (SSSR count). The Morgan fingerprint density at radius 2 is 1.85 bits per heavy atom. The van der Waals surface area contributed by atoms with Crippen LogP contribution in [0.4, 0.5) is 11.4 Å². The molecule has 180 valence electrons. The summed E-state index contributed by atoms with van der Waals surface area (Å²) in [7, 11) is -3.64. The molecule has 1 amide bonds. The fraction of sp³-hybridized carbons (Fsp3) is 0.480. The van der Waals surface area contributed by atoms with E-state index in [9.17, 15) is 13.2 Å². The van der Waals surface area contributed by atoms with Crippen molar-refractivity contribution in [2.45, 2.75) is 39.7 Å². The van der Waals surface area contributed by atoms with Crippen LogP contribution < -0.4 is 19.3 Å². The van der Waals surface area contributed by atoms with Gasteiger partial charge in [-0.1, -0.05) is 19.1 Å². The number of hydrogen-bond acceptors (Lipinski definition) is 5. The van der Waals surface area contributed by atoms with Crippen molar-refractivity contribution in [2.75, 3.05) is 41.7 Å². The van der Waals surface area contributed by atoms with Gasteiger partial charge < -0.3 is 15.0 Å². The number of carbonyl (C=O) groups excluding carboxylic acids is 1. The molecule has 1 saturated heterocycles. The van der Waals surface area contributed by atoms with E-state index < -0.39 is 10.0 Å². The Labute approximate surface area is 197 Å². The second kappa shape index (κ2) is 10.9. The van der Waals surface area contributed by atoms with E-state index in [-0.39, 0.29) is 18.5 Å². The van der Waals surface area contributed by atoms with Gasteiger partial charge >= 0.3 is 0 Å². The fourth-order valence-corrected chi connectivity index (χ4v) is 5.03. The van der Waals surface area contributed by atoms with Crippen molar-refractivity contribution >= 4 is 27.3 Å². The molecule has 2 aromatic carbocycles. The number of ether oxygens (including phenoxy) is 1. The van der Waals surface area contributed by atoms with Crippen LogP contribution in [0.3, 0.4) is 0 Å². The summed E-state index contributed by atoms with van der Waals surface area (Å²) in [6.07, 6.45) is 3.58. The molecule has 2 aromatic rings. The Morgan fingerprint density at radius 3 is 2.42 bits per heavy atom. The highest BCUT2D eigenvalue weighted by Crippen LogP contribution is 2.25. The molecule has 0 spiro atoms. The van der Waals surface area contributed by atoms with Crippen LogP contribution in [0.1, 0.15) is 45.2 Å². The lowest BCUT2D eigenvalue weighted by Gasteiger charge is -2.33. The topological polar surface area (TPSA) is 79.0 Å². The van der Waals surface area contributed by atoms with Crippen LogP contribution in [-0.4, -0.2) is 46.8 Å². The summed E-state index contributed by atoms with van der Waals surface area (Å²) in [5, 5.41) is 2.92. The summed E-state index contributed by atoms with van der Waals surface area (Å²) >= 11 is 0. The predicted octanol–water partition coefficient (Wildman–Crippen LogP) is 3.97. The van der Waals surface area contributed by atoms with Crippen LogP contribution in [0, 0.1) is 5.92 Å². The molecule has 0 aromatic heterocycles. The predicted molar refractivity (Wildman–Crippen MR) is 133 cm³/mol. The Bertz CT molecular complexity index is 1020. The van der Waals surface area contributed by atoms with E-state index in [0.29, 0.717) is 24.0 Å². The van der Waals surface area contributed by atoms with Gasteiger partial charge in [-0.15, -0.1) is 0 Å². The summed E-state index contributed by atoms with van der Waals surface area (Å²) in [5.74, 6) is 0.982. The minimum atomic E-state index is -3.64. The highest BCUT2D eigenvalue weighted by molar-refractivity contribution is 7.92. The molecule has 1 N–H and O–H groups in total. The average molecular weight is 474 g/mol. The molecule has 0 radical (unpaired) electrons. The van der Waals surface area contributed by atoms with E-state index in [0.717, 1.165) is 29.2 Å². The van der Waals surface area contributed by atoms with Crippen LogP contribution in [0.15, 0.2) is 48.5 Å². The van der Waals surface area contributed by atoms with Gasteiger partial charge in [0.15, 0.2) is 0 Å². The lowest BCUT2D eigenvalue weighted by molar-refractivity contribution is -0.120. The van der Waals surface area contributed by atoms with Crippen LogP contribution in [0.25, 0.3) is 0 Å². The largest absolute Gasteiger partial charge is 0.494 e. The van der Waals surface area contributed by atoms with Gasteiger partial charge in [-0.2, -0.15) is 0 Å². The first-order valence-electron chi connectivity index (χ1n) is 11.5. The third-order valence-electron chi connectivity index (χ3n) is 5.92. The lowest BCUT2D eigenvalue weighted by atomic mass is 9.99. The second-order valence-electron chi connectivity index (χ2n) is 8.77. The molecule has 1 aliphatic rings. The molecule has 2 unspecified atom stereocenters. The Morgan fingerprint density at radius 1 is 1.18 bits per heavy atom. The Balaban J connectivity index is 1.63. The third-order valence-corrected chi connectivity index (χ3v) is 7.06. The summed E-state index contributed by atoms with van der Waals surface area (Å²) in [6.45, 7) is 8.43. The molecule has 0 saturated carbocycles. The first kappa shape index (κ1) is 24.9. The van der Waals surface area contributed by atoms with E-state index in [1.165, 1.54) is 18.5 Å². The number of sulfonamides is 1. The highest BCUT2D eigenvalue weighted by atomic mass is 32.2. The molecule has 7 nitrogen and oxygen atoms in total. The summed E-state index contributed by atoms with van der Waals surface area (Å²) in [4.78, 5) is 15.1. The molecule has 33 heavy (non-hydrogen) atoms. The molecular formula is C25H35N3O4S. The quantitative estimate of drug-likeness (QED) is 0.596. The number of anilines is 2. The zero-order valence-corrected chi connectivity index (χ0v) is 20.8. The molecule has 0 bridgehead atoms. The average Bonchev–Trinajstić information content (AvgIpc) is 2.78. The number of rotatable bonds is 9. The van der Waals surface area contributed by atoms with Crippen LogP contribution in [0.5, 0.6) is 5.75 Å². The molecular weight excluding hydrogens is 438 g/mol. The maximum atomic E-state index is 12.7. The first-order chi connectivity index (χ1) is 15.7. The molecule has 1 aliphatic heterocycles. The summed E-state index contributed by atoms with van der Waals surface area (Å²) in [5.41, 5.74) is 2.59. The smallest absolute Gasteiger partial charge is 0.241 e. The fourth-order valence-electron chi connectivity index (χ4n) is 4.17. The monoisotopic (exact) mass is 473 g/mol.